The van der Waals surface area contributed by atoms with Gasteiger partial charge in [0.05, 0.1) is 13.2 Å². The van der Waals surface area contributed by atoms with Crippen LogP contribution in [0.2, 0.25) is 0 Å². The summed E-state index contributed by atoms with van der Waals surface area (Å²) < 4.78 is 19.8. The summed E-state index contributed by atoms with van der Waals surface area (Å²) in [6, 6.07) is 0. The molecule has 7 nitrogen and oxygen atoms in total. The summed E-state index contributed by atoms with van der Waals surface area (Å²) in [5, 5.41) is 23.1. The largest absolute Gasteiger partial charge is 0.697 e. The van der Waals surface area contributed by atoms with E-state index in [-0.39, 0.29) is 18.8 Å². The first kappa shape index (κ1) is 19.5. The molecule has 0 aromatic heterocycles. The summed E-state index contributed by atoms with van der Waals surface area (Å²) in [4.78, 5) is 9.60. The van der Waals surface area contributed by atoms with Crippen molar-refractivity contribution in [2.45, 2.75) is 19.8 Å². The van der Waals surface area contributed by atoms with E-state index in [4.69, 9.17) is 15.3 Å². The van der Waals surface area contributed by atoms with Crippen LogP contribution in [-0.2, 0) is 18.4 Å². The molecule has 18 heavy (non-hydrogen) atoms. The van der Waals surface area contributed by atoms with Crippen molar-refractivity contribution in [3.63, 3.8) is 0 Å². The molecule has 0 aromatic rings. The maximum absolute atomic E-state index is 10.4. The van der Waals surface area contributed by atoms with Crippen LogP contribution in [0.5, 0.6) is 0 Å². The summed E-state index contributed by atoms with van der Waals surface area (Å²) in [5.41, 5.74) is 0.176. The monoisotopic (exact) mass is 283 g/mol. The van der Waals surface area contributed by atoms with E-state index >= 15 is 0 Å². The number of rotatable bonds is 2. The molecule has 0 spiro atoms. The van der Waals surface area contributed by atoms with Crippen LogP contribution in [-0.4, -0.2) is 47.7 Å². The lowest BCUT2D eigenvalue weighted by Crippen LogP contribution is -1.92. The standard InChI is InChI=1S/C4H8O3P.C4H6O2.C2H6O2/c5-8-6-3-1-2-4-7-8;1-3(2)4(5)6;3-1-2-4/h1-4H2;1H2,2H3,(H,5,6);3-4H,1-2H2/q+1;;. The molecule has 0 radical (unpaired) electrons. The van der Waals surface area contributed by atoms with E-state index in [1.807, 2.05) is 0 Å². The molecule has 0 bridgehead atoms. The zero-order valence-corrected chi connectivity index (χ0v) is 11.3. The Morgan fingerprint density at radius 2 is 1.56 bits per heavy atom. The lowest BCUT2D eigenvalue weighted by molar-refractivity contribution is -0.132. The zero-order chi connectivity index (χ0) is 14.4. The number of carboxylic acids is 1. The van der Waals surface area contributed by atoms with Gasteiger partial charge in [-0.15, -0.1) is 9.05 Å². The molecule has 0 amide bonds. The van der Waals surface area contributed by atoms with E-state index < -0.39 is 14.2 Å². The van der Waals surface area contributed by atoms with Crippen LogP contribution in [0, 0.1) is 0 Å². The molecule has 8 heteroatoms. The fourth-order valence-corrected chi connectivity index (χ4v) is 1.15. The Morgan fingerprint density at radius 1 is 1.22 bits per heavy atom. The van der Waals surface area contributed by atoms with Crippen LogP contribution in [0.1, 0.15) is 19.8 Å². The minimum Gasteiger partial charge on any atom is -0.478 e. The molecular weight excluding hydrogens is 263 g/mol. The molecule has 0 saturated carbocycles. The van der Waals surface area contributed by atoms with Gasteiger partial charge in [-0.2, -0.15) is 0 Å². The number of aliphatic carboxylic acids is 1. The molecule has 106 valence electrons. The van der Waals surface area contributed by atoms with Gasteiger partial charge in [-0.25, -0.2) is 4.79 Å². The molecule has 1 aliphatic rings. The molecular formula is C10H20O7P+. The van der Waals surface area contributed by atoms with Crippen LogP contribution in [0.25, 0.3) is 0 Å². The quantitative estimate of drug-likeness (QED) is 0.513. The third-order valence-electron chi connectivity index (χ3n) is 1.40. The minimum atomic E-state index is -1.77. The fourth-order valence-electron chi connectivity index (χ4n) is 0.520. The molecule has 0 aromatic carbocycles. The van der Waals surface area contributed by atoms with Crippen LogP contribution >= 0.6 is 8.25 Å². The summed E-state index contributed by atoms with van der Waals surface area (Å²) in [7, 11) is -1.77. The number of carboxylic acid groups (broad SMARTS) is 1. The Bertz CT molecular complexity index is 231. The van der Waals surface area contributed by atoms with Gasteiger partial charge in [-0.05, 0) is 19.8 Å². The zero-order valence-electron chi connectivity index (χ0n) is 10.4. The first-order valence-electron chi connectivity index (χ1n) is 5.29. The van der Waals surface area contributed by atoms with Crippen molar-refractivity contribution >= 4 is 14.2 Å². The van der Waals surface area contributed by atoms with E-state index in [2.05, 4.69) is 15.6 Å². The molecule has 0 unspecified atom stereocenters. The smallest absolute Gasteiger partial charge is 0.478 e. The van der Waals surface area contributed by atoms with E-state index in [0.29, 0.717) is 13.2 Å². The van der Waals surface area contributed by atoms with Gasteiger partial charge in [0.15, 0.2) is 0 Å². The summed E-state index contributed by atoms with van der Waals surface area (Å²) >= 11 is 0. The summed E-state index contributed by atoms with van der Waals surface area (Å²) in [6.45, 7) is 5.51. The van der Waals surface area contributed by atoms with Gasteiger partial charge in [0.25, 0.3) is 0 Å². The van der Waals surface area contributed by atoms with Crippen LogP contribution in [0.15, 0.2) is 12.2 Å². The Kier molecular flexibility index (Phi) is 15.4. The highest BCUT2D eigenvalue weighted by atomic mass is 31.1. The minimum absolute atomic E-state index is 0.125. The van der Waals surface area contributed by atoms with Gasteiger partial charge in [-0.1, -0.05) is 6.58 Å². The predicted molar refractivity (Wildman–Crippen MR) is 65.4 cm³/mol. The normalized spacial score (nSPS) is 14.3. The number of aliphatic hydroxyl groups is 2. The molecule has 1 heterocycles. The van der Waals surface area contributed by atoms with E-state index in [1.54, 1.807) is 0 Å². The fraction of sp³-hybridized carbons (Fsp3) is 0.700. The first-order valence-corrected chi connectivity index (χ1v) is 6.38. The highest BCUT2D eigenvalue weighted by molar-refractivity contribution is 7.33. The lowest BCUT2D eigenvalue weighted by Gasteiger charge is -1.79. The SMILES string of the molecule is C=C(C)C(=O)O.O=[P+]1OCCCCO1.OCCO. The third-order valence-corrected chi connectivity index (χ3v) is 2.18. The van der Waals surface area contributed by atoms with Crippen molar-refractivity contribution in [2.75, 3.05) is 26.4 Å². The van der Waals surface area contributed by atoms with Crippen molar-refractivity contribution < 1.29 is 33.7 Å². The van der Waals surface area contributed by atoms with Crippen molar-refractivity contribution in [3.05, 3.63) is 12.2 Å². The van der Waals surface area contributed by atoms with Crippen LogP contribution in [0.3, 0.4) is 0 Å². The molecule has 0 atom stereocenters. The van der Waals surface area contributed by atoms with Gasteiger partial charge in [-0.3, -0.25) is 0 Å². The van der Waals surface area contributed by atoms with E-state index in [0.717, 1.165) is 12.8 Å². The Morgan fingerprint density at radius 3 is 1.78 bits per heavy atom. The summed E-state index contributed by atoms with van der Waals surface area (Å²) in [5.74, 6) is -0.935. The Hall–Kier alpha value is -0.850. The molecule has 3 N–H and O–H groups in total. The highest BCUT2D eigenvalue weighted by Gasteiger charge is 2.21. The van der Waals surface area contributed by atoms with E-state index in [1.165, 1.54) is 6.92 Å². The van der Waals surface area contributed by atoms with Crippen LogP contribution < -0.4 is 0 Å². The molecule has 0 aliphatic carbocycles. The highest BCUT2D eigenvalue weighted by Crippen LogP contribution is 2.26. The molecule has 1 fully saturated rings. The Balaban J connectivity index is 0. The van der Waals surface area contributed by atoms with Crippen molar-refractivity contribution in [1.29, 1.82) is 0 Å². The number of aliphatic hydroxyl groups excluding tert-OH is 2. The summed E-state index contributed by atoms with van der Waals surface area (Å²) in [6.07, 6.45) is 1.92. The molecule has 1 rings (SSSR count). The lowest BCUT2D eigenvalue weighted by atomic mass is 10.3. The maximum atomic E-state index is 10.4. The maximum Gasteiger partial charge on any atom is 0.697 e. The average molecular weight is 283 g/mol. The number of carbonyl (C=O) groups is 1. The van der Waals surface area contributed by atoms with Gasteiger partial charge in [0.2, 0.25) is 0 Å². The van der Waals surface area contributed by atoms with Gasteiger partial charge < -0.3 is 15.3 Å². The average Bonchev–Trinajstić information content (AvgIpc) is 2.58. The first-order chi connectivity index (χ1) is 8.45. The van der Waals surface area contributed by atoms with Gasteiger partial charge in [0, 0.05) is 10.1 Å². The predicted octanol–water partition coefficient (Wildman–Crippen LogP) is 1.09. The van der Waals surface area contributed by atoms with Crippen molar-refractivity contribution in [3.8, 4) is 0 Å². The van der Waals surface area contributed by atoms with Gasteiger partial charge in [0.1, 0.15) is 13.2 Å². The number of hydrogen-bond acceptors (Lipinski definition) is 6. The van der Waals surface area contributed by atoms with Gasteiger partial charge >= 0.3 is 14.2 Å². The Labute approximate surface area is 107 Å². The molecule has 1 aliphatic heterocycles. The third kappa shape index (κ3) is 17.5. The second kappa shape index (κ2) is 14.2. The topological polar surface area (TPSA) is 113 Å². The van der Waals surface area contributed by atoms with Crippen LogP contribution in [0.4, 0.5) is 0 Å². The second-order valence-electron chi connectivity index (χ2n) is 3.13. The molecule has 1 saturated heterocycles. The van der Waals surface area contributed by atoms with Crippen molar-refractivity contribution in [1.82, 2.24) is 0 Å². The number of hydrogen-bond donors (Lipinski definition) is 3. The van der Waals surface area contributed by atoms with Crippen molar-refractivity contribution in [2.24, 2.45) is 0 Å². The van der Waals surface area contributed by atoms with E-state index in [9.17, 15) is 9.36 Å². The second-order valence-corrected chi connectivity index (χ2v) is 4.09.